The Labute approximate surface area is 170 Å². The van der Waals surface area contributed by atoms with Crippen molar-refractivity contribution < 1.29 is 9.59 Å². The van der Waals surface area contributed by atoms with Gasteiger partial charge in [0.2, 0.25) is 0 Å². The molecule has 0 aliphatic rings. The molecule has 0 unspecified atom stereocenters. The molecule has 3 N–H and O–H groups in total. The van der Waals surface area contributed by atoms with E-state index in [0.717, 1.165) is 23.2 Å². The Kier molecular flexibility index (Phi) is 6.36. The summed E-state index contributed by atoms with van der Waals surface area (Å²) in [4.78, 5) is 29.7. The average molecular weight is 388 g/mol. The van der Waals surface area contributed by atoms with Crippen LogP contribution in [0.1, 0.15) is 37.4 Å². The first-order valence-electron chi connectivity index (χ1n) is 9.36. The SMILES string of the molecule is CNCc1ccc(C(=O)Nc2ccc(C)cc2C(=O)Nc2ccc(C)cn2)cc1. The van der Waals surface area contributed by atoms with E-state index in [9.17, 15) is 9.59 Å². The first kappa shape index (κ1) is 20.2. The van der Waals surface area contributed by atoms with Gasteiger partial charge >= 0.3 is 0 Å². The maximum atomic E-state index is 12.8. The maximum Gasteiger partial charge on any atom is 0.258 e. The van der Waals surface area contributed by atoms with Gasteiger partial charge in [0, 0.05) is 18.3 Å². The molecule has 6 heteroatoms. The van der Waals surface area contributed by atoms with Crippen LogP contribution in [0.2, 0.25) is 0 Å². The lowest BCUT2D eigenvalue weighted by Crippen LogP contribution is -2.19. The van der Waals surface area contributed by atoms with E-state index < -0.39 is 0 Å². The van der Waals surface area contributed by atoms with Crippen molar-refractivity contribution in [2.75, 3.05) is 17.7 Å². The van der Waals surface area contributed by atoms with Gasteiger partial charge in [0.15, 0.2) is 0 Å². The van der Waals surface area contributed by atoms with E-state index in [1.165, 1.54) is 0 Å². The molecule has 3 rings (SSSR count). The van der Waals surface area contributed by atoms with Crippen molar-refractivity contribution >= 4 is 23.3 Å². The van der Waals surface area contributed by atoms with Gasteiger partial charge < -0.3 is 16.0 Å². The van der Waals surface area contributed by atoms with Gasteiger partial charge in [0.25, 0.3) is 11.8 Å². The topological polar surface area (TPSA) is 83.1 Å². The van der Waals surface area contributed by atoms with Crippen molar-refractivity contribution in [3.05, 3.63) is 88.6 Å². The van der Waals surface area contributed by atoms with E-state index in [1.54, 1.807) is 36.5 Å². The summed E-state index contributed by atoms with van der Waals surface area (Å²) in [5.74, 6) is -0.142. The number of carbonyl (C=O) groups is 2. The Hall–Kier alpha value is -3.51. The van der Waals surface area contributed by atoms with Crippen molar-refractivity contribution in [3.8, 4) is 0 Å². The van der Waals surface area contributed by atoms with Crippen LogP contribution in [-0.4, -0.2) is 23.8 Å². The molecular formula is C23H24N4O2. The van der Waals surface area contributed by atoms with Crippen molar-refractivity contribution in [1.82, 2.24) is 10.3 Å². The number of aromatic nitrogens is 1. The second-order valence-electron chi connectivity index (χ2n) is 6.91. The maximum absolute atomic E-state index is 12.8. The highest BCUT2D eigenvalue weighted by atomic mass is 16.2. The van der Waals surface area contributed by atoms with Crippen LogP contribution in [0.4, 0.5) is 11.5 Å². The summed E-state index contributed by atoms with van der Waals surface area (Å²) in [7, 11) is 1.87. The molecule has 2 amide bonds. The summed E-state index contributed by atoms with van der Waals surface area (Å²) in [6.45, 7) is 4.56. The number of hydrogen-bond donors (Lipinski definition) is 3. The molecule has 6 nitrogen and oxygen atoms in total. The Morgan fingerprint density at radius 3 is 2.24 bits per heavy atom. The van der Waals surface area contributed by atoms with Crippen molar-refractivity contribution in [3.63, 3.8) is 0 Å². The lowest BCUT2D eigenvalue weighted by atomic mass is 10.1. The van der Waals surface area contributed by atoms with Gasteiger partial charge in [-0.15, -0.1) is 0 Å². The van der Waals surface area contributed by atoms with Gasteiger partial charge in [0.05, 0.1) is 11.3 Å². The van der Waals surface area contributed by atoms with Crippen LogP contribution in [0.15, 0.2) is 60.8 Å². The Balaban J connectivity index is 1.79. The van der Waals surface area contributed by atoms with Crippen molar-refractivity contribution in [2.24, 2.45) is 0 Å². The van der Waals surface area contributed by atoms with E-state index in [1.807, 2.05) is 45.2 Å². The van der Waals surface area contributed by atoms with Gasteiger partial charge in [-0.1, -0.05) is 29.8 Å². The molecule has 2 aromatic carbocycles. The van der Waals surface area contributed by atoms with Gasteiger partial charge in [-0.05, 0) is 62.4 Å². The normalized spacial score (nSPS) is 10.4. The lowest BCUT2D eigenvalue weighted by Gasteiger charge is -2.13. The van der Waals surface area contributed by atoms with E-state index in [-0.39, 0.29) is 11.8 Å². The Morgan fingerprint density at radius 1 is 0.862 bits per heavy atom. The first-order chi connectivity index (χ1) is 14.0. The summed E-state index contributed by atoms with van der Waals surface area (Å²) in [6, 6.07) is 16.3. The molecule has 0 radical (unpaired) electrons. The van der Waals surface area contributed by atoms with Crippen LogP contribution < -0.4 is 16.0 Å². The molecule has 29 heavy (non-hydrogen) atoms. The largest absolute Gasteiger partial charge is 0.321 e. The molecule has 0 aliphatic heterocycles. The van der Waals surface area contributed by atoms with Gasteiger partial charge in [-0.25, -0.2) is 4.98 Å². The number of nitrogens with one attached hydrogen (secondary N) is 3. The van der Waals surface area contributed by atoms with E-state index in [2.05, 4.69) is 20.9 Å². The minimum atomic E-state index is -0.329. The van der Waals surface area contributed by atoms with Crippen molar-refractivity contribution in [1.29, 1.82) is 0 Å². The number of carbonyl (C=O) groups excluding carboxylic acids is 2. The Morgan fingerprint density at radius 2 is 1.59 bits per heavy atom. The highest BCUT2D eigenvalue weighted by Gasteiger charge is 2.15. The number of anilines is 2. The number of pyridine rings is 1. The molecule has 3 aromatic rings. The third-order valence-electron chi connectivity index (χ3n) is 4.42. The fourth-order valence-electron chi connectivity index (χ4n) is 2.85. The molecule has 0 saturated heterocycles. The third kappa shape index (κ3) is 5.27. The zero-order chi connectivity index (χ0) is 20.8. The van der Waals surface area contributed by atoms with E-state index in [4.69, 9.17) is 0 Å². The second-order valence-corrected chi connectivity index (χ2v) is 6.91. The Bertz CT molecular complexity index is 1010. The second kappa shape index (κ2) is 9.12. The molecule has 0 atom stereocenters. The van der Waals surface area contributed by atoms with Crippen LogP contribution >= 0.6 is 0 Å². The standard InChI is InChI=1S/C23H24N4O2/c1-15-4-10-20(26-22(28)18-8-6-17(7-9-18)14-24-3)19(12-15)23(29)27-21-11-5-16(2)13-25-21/h4-13,24H,14H2,1-3H3,(H,26,28)(H,25,27,29). The van der Waals surface area contributed by atoms with Gasteiger partial charge in [0.1, 0.15) is 5.82 Å². The molecular weight excluding hydrogens is 364 g/mol. The number of nitrogens with zero attached hydrogens (tertiary/aromatic N) is 1. The van der Waals surface area contributed by atoms with Crippen molar-refractivity contribution in [2.45, 2.75) is 20.4 Å². The number of benzene rings is 2. The highest BCUT2D eigenvalue weighted by Crippen LogP contribution is 2.20. The average Bonchev–Trinajstić information content (AvgIpc) is 2.71. The lowest BCUT2D eigenvalue weighted by molar-refractivity contribution is 0.102. The predicted molar refractivity (Wildman–Crippen MR) is 115 cm³/mol. The molecule has 0 spiro atoms. The van der Waals surface area contributed by atoms with Crippen LogP contribution in [0.3, 0.4) is 0 Å². The molecule has 1 aromatic heterocycles. The molecule has 148 valence electrons. The van der Waals surface area contributed by atoms with Crippen LogP contribution in [0.5, 0.6) is 0 Å². The number of aryl methyl sites for hydroxylation is 2. The summed E-state index contributed by atoms with van der Waals surface area (Å²) in [5, 5.41) is 8.70. The quantitative estimate of drug-likeness (QED) is 0.598. The number of rotatable bonds is 6. The van der Waals surface area contributed by atoms with E-state index >= 15 is 0 Å². The molecule has 0 bridgehead atoms. The van der Waals surface area contributed by atoms with E-state index in [0.29, 0.717) is 22.6 Å². The molecule has 1 heterocycles. The predicted octanol–water partition coefficient (Wildman–Crippen LogP) is 3.92. The van der Waals surface area contributed by atoms with Gasteiger partial charge in [-0.2, -0.15) is 0 Å². The molecule has 0 fully saturated rings. The third-order valence-corrected chi connectivity index (χ3v) is 4.42. The zero-order valence-electron chi connectivity index (χ0n) is 16.7. The summed E-state index contributed by atoms with van der Waals surface area (Å²) < 4.78 is 0. The molecule has 0 aliphatic carbocycles. The fourth-order valence-corrected chi connectivity index (χ4v) is 2.85. The minimum Gasteiger partial charge on any atom is -0.321 e. The van der Waals surface area contributed by atoms with Crippen LogP contribution in [0, 0.1) is 13.8 Å². The smallest absolute Gasteiger partial charge is 0.258 e. The van der Waals surface area contributed by atoms with Crippen LogP contribution in [0.25, 0.3) is 0 Å². The summed E-state index contributed by atoms with van der Waals surface area (Å²) >= 11 is 0. The number of hydrogen-bond acceptors (Lipinski definition) is 4. The zero-order valence-corrected chi connectivity index (χ0v) is 16.7. The number of amides is 2. The monoisotopic (exact) mass is 388 g/mol. The highest BCUT2D eigenvalue weighted by molar-refractivity contribution is 6.12. The summed E-state index contributed by atoms with van der Waals surface area (Å²) in [5.41, 5.74) is 4.37. The minimum absolute atomic E-state index is 0.271. The molecule has 0 saturated carbocycles. The van der Waals surface area contributed by atoms with Gasteiger partial charge in [-0.3, -0.25) is 9.59 Å². The fraction of sp³-hybridized carbons (Fsp3) is 0.174. The first-order valence-corrected chi connectivity index (χ1v) is 9.36. The van der Waals surface area contributed by atoms with Crippen LogP contribution in [-0.2, 0) is 6.54 Å². The summed E-state index contributed by atoms with van der Waals surface area (Å²) in [6.07, 6.45) is 1.69.